The minimum atomic E-state index is -0.198. The summed E-state index contributed by atoms with van der Waals surface area (Å²) < 4.78 is 5.61. The SMILES string of the molecule is CC(C)COc1ccc(CNC(=O)N(C)C(C)CO)cc1. The quantitative estimate of drug-likeness (QED) is 0.811. The molecule has 0 aliphatic heterocycles. The number of carbonyl (C=O) groups excluding carboxylic acids is 1. The molecular formula is C16H26N2O3. The lowest BCUT2D eigenvalue weighted by Crippen LogP contribution is -2.43. The van der Waals surface area contributed by atoms with E-state index in [1.54, 1.807) is 14.0 Å². The summed E-state index contributed by atoms with van der Waals surface area (Å²) in [5, 5.41) is 11.8. The van der Waals surface area contributed by atoms with Gasteiger partial charge in [0.15, 0.2) is 0 Å². The molecule has 0 fully saturated rings. The number of hydrogen-bond donors (Lipinski definition) is 2. The summed E-state index contributed by atoms with van der Waals surface area (Å²) in [7, 11) is 1.67. The molecule has 0 aliphatic rings. The lowest BCUT2D eigenvalue weighted by atomic mass is 10.2. The van der Waals surface area contributed by atoms with Crippen molar-refractivity contribution in [3.63, 3.8) is 0 Å². The van der Waals surface area contributed by atoms with Crippen LogP contribution in [0.5, 0.6) is 5.75 Å². The largest absolute Gasteiger partial charge is 0.493 e. The van der Waals surface area contributed by atoms with Gasteiger partial charge in [-0.3, -0.25) is 0 Å². The van der Waals surface area contributed by atoms with Crippen LogP contribution in [-0.2, 0) is 6.54 Å². The zero-order chi connectivity index (χ0) is 15.8. The van der Waals surface area contributed by atoms with E-state index in [9.17, 15) is 4.79 Å². The Morgan fingerprint density at radius 3 is 2.43 bits per heavy atom. The summed E-state index contributed by atoms with van der Waals surface area (Å²) >= 11 is 0. The number of urea groups is 1. The van der Waals surface area contributed by atoms with Gasteiger partial charge < -0.3 is 20.1 Å². The maximum absolute atomic E-state index is 11.8. The van der Waals surface area contributed by atoms with E-state index < -0.39 is 0 Å². The van der Waals surface area contributed by atoms with Gasteiger partial charge in [0, 0.05) is 13.6 Å². The van der Waals surface area contributed by atoms with Crippen LogP contribution < -0.4 is 10.1 Å². The topological polar surface area (TPSA) is 61.8 Å². The van der Waals surface area contributed by atoms with Gasteiger partial charge in [0.2, 0.25) is 0 Å². The van der Waals surface area contributed by atoms with E-state index in [-0.39, 0.29) is 18.7 Å². The highest BCUT2D eigenvalue weighted by molar-refractivity contribution is 5.74. The number of carbonyl (C=O) groups is 1. The molecule has 2 amide bonds. The van der Waals surface area contributed by atoms with E-state index in [0.29, 0.717) is 19.1 Å². The van der Waals surface area contributed by atoms with E-state index in [2.05, 4.69) is 19.2 Å². The molecule has 1 rings (SSSR count). The van der Waals surface area contributed by atoms with Gasteiger partial charge in [0.05, 0.1) is 19.3 Å². The van der Waals surface area contributed by atoms with Crippen LogP contribution in [-0.4, -0.2) is 42.3 Å². The Bertz CT molecular complexity index is 432. The van der Waals surface area contributed by atoms with E-state index in [4.69, 9.17) is 9.84 Å². The van der Waals surface area contributed by atoms with Crippen LogP contribution in [0, 0.1) is 5.92 Å². The van der Waals surface area contributed by atoms with Gasteiger partial charge >= 0.3 is 6.03 Å². The van der Waals surface area contributed by atoms with Crippen molar-refractivity contribution in [2.24, 2.45) is 5.92 Å². The fourth-order valence-electron chi connectivity index (χ4n) is 1.59. The van der Waals surface area contributed by atoms with Gasteiger partial charge in [-0.25, -0.2) is 4.79 Å². The summed E-state index contributed by atoms with van der Waals surface area (Å²) in [6.45, 7) is 7.10. The minimum absolute atomic E-state index is 0.0498. The average Bonchev–Trinajstić information content (AvgIpc) is 2.49. The number of nitrogens with zero attached hydrogens (tertiary/aromatic N) is 1. The highest BCUT2D eigenvalue weighted by Gasteiger charge is 2.13. The molecule has 0 bridgehead atoms. The Labute approximate surface area is 126 Å². The number of amides is 2. The van der Waals surface area contributed by atoms with Gasteiger partial charge in [-0.05, 0) is 30.5 Å². The van der Waals surface area contributed by atoms with Crippen molar-refractivity contribution >= 4 is 6.03 Å². The van der Waals surface area contributed by atoms with E-state index in [1.165, 1.54) is 4.90 Å². The molecule has 0 aliphatic carbocycles. The minimum Gasteiger partial charge on any atom is -0.493 e. The number of likely N-dealkylation sites (N-methyl/N-ethyl adjacent to an activating group) is 1. The van der Waals surface area contributed by atoms with Crippen molar-refractivity contribution in [3.05, 3.63) is 29.8 Å². The van der Waals surface area contributed by atoms with Crippen LogP contribution >= 0.6 is 0 Å². The third kappa shape index (κ3) is 6.04. The molecule has 0 saturated heterocycles. The molecular weight excluding hydrogens is 268 g/mol. The Morgan fingerprint density at radius 1 is 1.29 bits per heavy atom. The summed E-state index contributed by atoms with van der Waals surface area (Å²) in [6, 6.07) is 7.29. The van der Waals surface area contributed by atoms with Crippen molar-refractivity contribution < 1.29 is 14.6 Å². The van der Waals surface area contributed by atoms with Crippen LogP contribution in [0.3, 0.4) is 0 Å². The van der Waals surface area contributed by atoms with Crippen LogP contribution in [0.15, 0.2) is 24.3 Å². The first-order chi connectivity index (χ1) is 9.93. The fourth-order valence-corrected chi connectivity index (χ4v) is 1.59. The van der Waals surface area contributed by atoms with Gasteiger partial charge in [-0.2, -0.15) is 0 Å². The number of aliphatic hydroxyl groups is 1. The van der Waals surface area contributed by atoms with Crippen LogP contribution in [0.4, 0.5) is 4.79 Å². The first-order valence-corrected chi connectivity index (χ1v) is 7.27. The third-order valence-electron chi connectivity index (χ3n) is 3.20. The molecule has 2 N–H and O–H groups in total. The van der Waals surface area contributed by atoms with Crippen LogP contribution in [0.2, 0.25) is 0 Å². The Morgan fingerprint density at radius 2 is 1.90 bits per heavy atom. The first kappa shape index (κ1) is 17.3. The molecule has 1 atom stereocenters. The average molecular weight is 294 g/mol. The third-order valence-corrected chi connectivity index (χ3v) is 3.20. The second-order valence-electron chi connectivity index (χ2n) is 5.65. The number of hydrogen-bond acceptors (Lipinski definition) is 3. The Hall–Kier alpha value is -1.75. The molecule has 118 valence electrons. The molecule has 5 heteroatoms. The molecule has 0 saturated carbocycles. The maximum Gasteiger partial charge on any atom is 0.317 e. The normalized spacial score (nSPS) is 12.1. The second kappa shape index (κ2) is 8.52. The first-order valence-electron chi connectivity index (χ1n) is 7.27. The van der Waals surface area contributed by atoms with Crippen molar-refractivity contribution in [3.8, 4) is 5.75 Å². The zero-order valence-electron chi connectivity index (χ0n) is 13.3. The number of ether oxygens (including phenoxy) is 1. The summed E-state index contributed by atoms with van der Waals surface area (Å²) in [5.41, 5.74) is 1.00. The lowest BCUT2D eigenvalue weighted by Gasteiger charge is -2.23. The van der Waals surface area contributed by atoms with Crippen LogP contribution in [0.1, 0.15) is 26.3 Å². The summed E-state index contributed by atoms with van der Waals surface area (Å²) in [6.07, 6.45) is 0. The van der Waals surface area contributed by atoms with Crippen molar-refractivity contribution in [1.29, 1.82) is 0 Å². The van der Waals surface area contributed by atoms with E-state index >= 15 is 0 Å². The van der Waals surface area contributed by atoms with Crippen molar-refractivity contribution in [2.45, 2.75) is 33.4 Å². The molecule has 0 spiro atoms. The standard InChI is InChI=1S/C16H26N2O3/c1-12(2)11-21-15-7-5-14(6-8-15)9-17-16(20)18(4)13(3)10-19/h5-8,12-13,19H,9-11H2,1-4H3,(H,17,20). The van der Waals surface area contributed by atoms with Crippen LogP contribution in [0.25, 0.3) is 0 Å². The summed E-state index contributed by atoms with van der Waals surface area (Å²) in [4.78, 5) is 13.3. The smallest absolute Gasteiger partial charge is 0.317 e. The molecule has 5 nitrogen and oxygen atoms in total. The monoisotopic (exact) mass is 294 g/mol. The molecule has 21 heavy (non-hydrogen) atoms. The van der Waals surface area contributed by atoms with E-state index in [0.717, 1.165) is 11.3 Å². The predicted octanol–water partition coefficient (Wildman–Crippen LogP) is 2.24. The fraction of sp³-hybridized carbons (Fsp3) is 0.562. The van der Waals surface area contributed by atoms with Gasteiger partial charge in [-0.15, -0.1) is 0 Å². The number of rotatable bonds is 7. The highest BCUT2D eigenvalue weighted by atomic mass is 16.5. The number of nitrogens with one attached hydrogen (secondary N) is 1. The van der Waals surface area contributed by atoms with Gasteiger partial charge in [0.1, 0.15) is 5.75 Å². The molecule has 0 aromatic heterocycles. The lowest BCUT2D eigenvalue weighted by molar-refractivity contribution is 0.157. The highest BCUT2D eigenvalue weighted by Crippen LogP contribution is 2.13. The Kier molecular flexibility index (Phi) is 7.02. The predicted molar refractivity (Wildman–Crippen MR) is 83.3 cm³/mol. The molecule has 1 aromatic carbocycles. The second-order valence-corrected chi connectivity index (χ2v) is 5.65. The molecule has 0 heterocycles. The van der Waals surface area contributed by atoms with Gasteiger partial charge in [-0.1, -0.05) is 26.0 Å². The number of aliphatic hydroxyl groups excluding tert-OH is 1. The number of benzene rings is 1. The van der Waals surface area contributed by atoms with Crippen molar-refractivity contribution in [2.75, 3.05) is 20.3 Å². The zero-order valence-corrected chi connectivity index (χ0v) is 13.3. The molecule has 1 aromatic rings. The Balaban J connectivity index is 2.44. The maximum atomic E-state index is 11.8. The van der Waals surface area contributed by atoms with Gasteiger partial charge in [0.25, 0.3) is 0 Å². The van der Waals surface area contributed by atoms with E-state index in [1.807, 2.05) is 24.3 Å². The molecule has 0 radical (unpaired) electrons. The molecule has 1 unspecified atom stereocenters. The van der Waals surface area contributed by atoms with Crippen molar-refractivity contribution in [1.82, 2.24) is 10.2 Å². The summed E-state index contributed by atoms with van der Waals surface area (Å²) in [5.74, 6) is 1.33.